The van der Waals surface area contributed by atoms with Gasteiger partial charge in [0.1, 0.15) is 0 Å². The zero-order valence-corrected chi connectivity index (χ0v) is 12.7. The number of amides is 1. The van der Waals surface area contributed by atoms with Gasteiger partial charge in [-0.25, -0.2) is 0 Å². The van der Waals surface area contributed by atoms with Crippen molar-refractivity contribution < 1.29 is 4.79 Å². The number of carbonyl (C=O) groups excluding carboxylic acids is 1. The van der Waals surface area contributed by atoms with E-state index >= 15 is 0 Å². The van der Waals surface area contributed by atoms with Gasteiger partial charge in [0, 0.05) is 24.3 Å². The van der Waals surface area contributed by atoms with E-state index in [1.54, 1.807) is 4.90 Å². The molecule has 3 heteroatoms. The van der Waals surface area contributed by atoms with Crippen LogP contribution in [0.5, 0.6) is 0 Å². The second kappa shape index (κ2) is 6.93. The van der Waals surface area contributed by atoms with Gasteiger partial charge < -0.3 is 10.6 Å². The quantitative estimate of drug-likeness (QED) is 0.852. The molecule has 0 spiro atoms. The van der Waals surface area contributed by atoms with Crippen LogP contribution in [0.15, 0.2) is 48.5 Å². The summed E-state index contributed by atoms with van der Waals surface area (Å²) in [6.07, 6.45) is 1.28. The summed E-state index contributed by atoms with van der Waals surface area (Å²) < 4.78 is 0. The second-order valence-electron chi connectivity index (χ2n) is 5.22. The molecule has 21 heavy (non-hydrogen) atoms. The molecule has 0 saturated heterocycles. The van der Waals surface area contributed by atoms with Gasteiger partial charge in [0.15, 0.2) is 0 Å². The van der Waals surface area contributed by atoms with Gasteiger partial charge >= 0.3 is 0 Å². The third kappa shape index (κ3) is 4.09. The highest BCUT2D eigenvalue weighted by Gasteiger charge is 2.13. The van der Waals surface area contributed by atoms with Crippen molar-refractivity contribution in [3.8, 4) is 0 Å². The van der Waals surface area contributed by atoms with E-state index < -0.39 is 0 Å². The first-order valence-corrected chi connectivity index (χ1v) is 7.31. The molecule has 110 valence electrons. The Bertz CT molecular complexity index is 588. The Labute approximate surface area is 126 Å². The lowest BCUT2D eigenvalue weighted by Gasteiger charge is -2.21. The lowest BCUT2D eigenvalue weighted by molar-refractivity contribution is -0.118. The first-order chi connectivity index (χ1) is 10.1. The number of hydrogen-bond donors (Lipinski definition) is 1. The number of nitrogens with zero attached hydrogens (tertiary/aromatic N) is 1. The minimum absolute atomic E-state index is 0.142. The summed E-state index contributed by atoms with van der Waals surface area (Å²) in [4.78, 5) is 14.2. The molecule has 0 fully saturated rings. The Morgan fingerprint density at radius 2 is 1.67 bits per heavy atom. The number of nitrogens with two attached hydrogens (primary N) is 1. The predicted molar refractivity (Wildman–Crippen MR) is 88.4 cm³/mol. The zero-order valence-electron chi connectivity index (χ0n) is 12.7. The molecule has 0 radical (unpaired) electrons. The number of carbonyl (C=O) groups is 1. The van der Waals surface area contributed by atoms with Gasteiger partial charge in [-0.05, 0) is 50.1 Å². The Kier molecular flexibility index (Phi) is 4.99. The Balaban J connectivity index is 2.00. The van der Waals surface area contributed by atoms with Crippen molar-refractivity contribution in [3.05, 3.63) is 59.7 Å². The van der Waals surface area contributed by atoms with Crippen LogP contribution in [0, 0.1) is 6.92 Å². The topological polar surface area (TPSA) is 46.3 Å². The van der Waals surface area contributed by atoms with Crippen LogP contribution in [0.1, 0.15) is 24.5 Å². The fourth-order valence-electron chi connectivity index (χ4n) is 2.30. The number of rotatable bonds is 5. The van der Waals surface area contributed by atoms with Crippen LogP contribution in [-0.2, 0) is 11.2 Å². The maximum Gasteiger partial charge on any atom is 0.227 e. The van der Waals surface area contributed by atoms with Crippen LogP contribution in [0.4, 0.5) is 11.4 Å². The molecule has 0 unspecified atom stereocenters. The average Bonchev–Trinajstić information content (AvgIpc) is 2.49. The molecule has 0 aromatic heterocycles. The normalized spacial score (nSPS) is 10.4. The van der Waals surface area contributed by atoms with Crippen LogP contribution in [-0.4, -0.2) is 12.5 Å². The van der Waals surface area contributed by atoms with Crippen molar-refractivity contribution in [1.82, 2.24) is 0 Å². The molecule has 0 aliphatic carbocycles. The Morgan fingerprint density at radius 1 is 1.05 bits per heavy atom. The van der Waals surface area contributed by atoms with Crippen LogP contribution >= 0.6 is 0 Å². The zero-order chi connectivity index (χ0) is 15.2. The summed E-state index contributed by atoms with van der Waals surface area (Å²) in [5, 5.41) is 0. The van der Waals surface area contributed by atoms with E-state index in [-0.39, 0.29) is 5.91 Å². The van der Waals surface area contributed by atoms with Crippen LogP contribution < -0.4 is 10.6 Å². The molecule has 0 heterocycles. The van der Waals surface area contributed by atoms with Crippen molar-refractivity contribution in [2.45, 2.75) is 26.7 Å². The smallest absolute Gasteiger partial charge is 0.227 e. The summed E-state index contributed by atoms with van der Waals surface area (Å²) in [5.74, 6) is 0.142. The fraction of sp³-hybridized carbons (Fsp3) is 0.278. The summed E-state index contributed by atoms with van der Waals surface area (Å²) in [6.45, 7) is 4.71. The van der Waals surface area contributed by atoms with Gasteiger partial charge in [-0.1, -0.05) is 29.8 Å². The van der Waals surface area contributed by atoms with Crippen LogP contribution in [0.25, 0.3) is 0 Å². The highest BCUT2D eigenvalue weighted by atomic mass is 16.2. The summed E-state index contributed by atoms with van der Waals surface area (Å²) in [5.41, 5.74) is 9.74. The monoisotopic (exact) mass is 282 g/mol. The van der Waals surface area contributed by atoms with Gasteiger partial charge in [0.25, 0.3) is 0 Å². The molecular weight excluding hydrogens is 260 g/mol. The van der Waals surface area contributed by atoms with Crippen molar-refractivity contribution in [2.24, 2.45) is 0 Å². The molecule has 2 N–H and O–H groups in total. The summed E-state index contributed by atoms with van der Waals surface area (Å²) in [7, 11) is 0. The van der Waals surface area contributed by atoms with Gasteiger partial charge in [-0.3, -0.25) is 4.79 Å². The number of benzene rings is 2. The van der Waals surface area contributed by atoms with Crippen molar-refractivity contribution >= 4 is 17.3 Å². The third-order valence-electron chi connectivity index (χ3n) is 3.57. The molecule has 2 aromatic carbocycles. The molecule has 2 rings (SSSR count). The van der Waals surface area contributed by atoms with Gasteiger partial charge in [0.2, 0.25) is 5.91 Å². The summed E-state index contributed by atoms with van der Waals surface area (Å²) in [6, 6.07) is 15.8. The highest BCUT2D eigenvalue weighted by molar-refractivity contribution is 5.93. The molecule has 0 aliphatic rings. The number of anilines is 2. The number of aryl methyl sites for hydroxylation is 2. The standard InChI is InChI=1S/C18H22N2O/c1-3-20(17-11-9-16(19)10-12-17)18(21)13-8-15-6-4-14(2)5-7-15/h4-7,9-12H,3,8,13,19H2,1-2H3. The van der Waals surface area contributed by atoms with E-state index in [9.17, 15) is 4.79 Å². The van der Waals surface area contributed by atoms with Crippen LogP contribution in [0.3, 0.4) is 0 Å². The van der Waals surface area contributed by atoms with Gasteiger partial charge in [-0.15, -0.1) is 0 Å². The molecule has 2 aromatic rings. The average molecular weight is 282 g/mol. The maximum absolute atomic E-state index is 12.4. The summed E-state index contributed by atoms with van der Waals surface area (Å²) >= 11 is 0. The molecule has 1 amide bonds. The fourth-order valence-corrected chi connectivity index (χ4v) is 2.30. The van der Waals surface area contributed by atoms with E-state index in [0.29, 0.717) is 18.7 Å². The van der Waals surface area contributed by atoms with Crippen LogP contribution in [0.2, 0.25) is 0 Å². The SMILES string of the molecule is CCN(C(=O)CCc1ccc(C)cc1)c1ccc(N)cc1. The van der Waals surface area contributed by atoms with E-state index in [2.05, 4.69) is 31.2 Å². The van der Waals surface area contributed by atoms with Crippen molar-refractivity contribution in [2.75, 3.05) is 17.2 Å². The van der Waals surface area contributed by atoms with Gasteiger partial charge in [0.05, 0.1) is 0 Å². The first-order valence-electron chi connectivity index (χ1n) is 7.31. The Hall–Kier alpha value is -2.29. The molecule has 0 aliphatic heterocycles. The third-order valence-corrected chi connectivity index (χ3v) is 3.57. The minimum Gasteiger partial charge on any atom is -0.399 e. The minimum atomic E-state index is 0.142. The second-order valence-corrected chi connectivity index (χ2v) is 5.22. The van der Waals surface area contributed by atoms with E-state index in [0.717, 1.165) is 12.1 Å². The predicted octanol–water partition coefficient (Wildman–Crippen LogP) is 3.56. The van der Waals surface area contributed by atoms with Crippen molar-refractivity contribution in [1.29, 1.82) is 0 Å². The lowest BCUT2D eigenvalue weighted by Crippen LogP contribution is -2.30. The molecule has 0 saturated carbocycles. The highest BCUT2D eigenvalue weighted by Crippen LogP contribution is 2.18. The number of nitrogen functional groups attached to an aromatic ring is 1. The molecule has 0 bridgehead atoms. The molecule has 3 nitrogen and oxygen atoms in total. The van der Waals surface area contributed by atoms with E-state index in [1.807, 2.05) is 31.2 Å². The largest absolute Gasteiger partial charge is 0.399 e. The maximum atomic E-state index is 12.4. The number of hydrogen-bond acceptors (Lipinski definition) is 2. The molecule has 0 atom stereocenters. The first kappa shape index (κ1) is 15.1. The Morgan fingerprint density at radius 3 is 2.24 bits per heavy atom. The van der Waals surface area contributed by atoms with Crippen molar-refractivity contribution in [3.63, 3.8) is 0 Å². The lowest BCUT2D eigenvalue weighted by atomic mass is 10.1. The van der Waals surface area contributed by atoms with Gasteiger partial charge in [-0.2, -0.15) is 0 Å². The van der Waals surface area contributed by atoms with E-state index in [4.69, 9.17) is 5.73 Å². The molecular formula is C18H22N2O. The van der Waals surface area contributed by atoms with E-state index in [1.165, 1.54) is 11.1 Å².